The second-order valence-electron chi connectivity index (χ2n) is 8.25. The van der Waals surface area contributed by atoms with Gasteiger partial charge in [-0.25, -0.2) is 0 Å². The number of aliphatic imine (C=N–C) groups is 2. The molecular weight excluding hydrogens is 388 g/mol. The normalized spacial score (nSPS) is 13.5. The van der Waals surface area contributed by atoms with Gasteiger partial charge in [-0.2, -0.15) is 0 Å². The van der Waals surface area contributed by atoms with E-state index in [2.05, 4.69) is 36.4 Å². The van der Waals surface area contributed by atoms with Gasteiger partial charge in [-0.15, -0.1) is 0 Å². The van der Waals surface area contributed by atoms with Gasteiger partial charge in [0.1, 0.15) is 0 Å². The topological polar surface area (TPSA) is 24.7 Å². The molecule has 0 N–H and O–H groups in total. The Hall–Kier alpha value is -3.78. The van der Waals surface area contributed by atoms with Crippen LogP contribution in [0.25, 0.3) is 0 Å². The quantitative estimate of drug-likeness (QED) is 0.319. The molecule has 4 aromatic rings. The van der Waals surface area contributed by atoms with Gasteiger partial charge in [0.25, 0.3) is 0 Å². The second kappa shape index (κ2) is 9.57. The summed E-state index contributed by atoms with van der Waals surface area (Å²) >= 11 is 0. The fourth-order valence-corrected chi connectivity index (χ4v) is 4.17. The third kappa shape index (κ3) is 4.92. The van der Waals surface area contributed by atoms with Gasteiger partial charge in [0, 0.05) is 12.4 Å². The number of aryl methyl sites for hydroxylation is 4. The van der Waals surface area contributed by atoms with E-state index in [4.69, 9.17) is 9.98 Å². The largest absolute Gasteiger partial charge is 0.256 e. The van der Waals surface area contributed by atoms with E-state index in [1.807, 2.05) is 73.1 Å². The lowest BCUT2D eigenvalue weighted by Crippen LogP contribution is -2.04. The van der Waals surface area contributed by atoms with Gasteiger partial charge in [0.05, 0.1) is 11.4 Å². The molecule has 2 heteroatoms. The van der Waals surface area contributed by atoms with Crippen molar-refractivity contribution in [3.63, 3.8) is 0 Å². The van der Waals surface area contributed by atoms with Crippen LogP contribution in [0, 0.1) is 0 Å². The first kappa shape index (κ1) is 20.1. The molecule has 0 radical (unpaired) electrons. The summed E-state index contributed by atoms with van der Waals surface area (Å²) in [5, 5.41) is 0. The van der Waals surface area contributed by atoms with E-state index in [-0.39, 0.29) is 0 Å². The van der Waals surface area contributed by atoms with Crippen LogP contribution >= 0.6 is 0 Å². The first-order valence-electron chi connectivity index (χ1n) is 11.3. The van der Waals surface area contributed by atoms with Gasteiger partial charge in [0.2, 0.25) is 0 Å². The van der Waals surface area contributed by atoms with Crippen molar-refractivity contribution in [3.05, 3.63) is 130 Å². The van der Waals surface area contributed by atoms with Crippen molar-refractivity contribution >= 4 is 23.8 Å². The highest BCUT2D eigenvalue weighted by atomic mass is 14.7. The van der Waals surface area contributed by atoms with Crippen molar-refractivity contribution in [2.24, 2.45) is 9.98 Å². The average Bonchev–Trinajstić information content (AvgIpc) is 2.84. The van der Waals surface area contributed by atoms with Crippen molar-refractivity contribution in [1.29, 1.82) is 0 Å². The number of rotatable bonds is 4. The van der Waals surface area contributed by atoms with Crippen LogP contribution in [0.2, 0.25) is 0 Å². The summed E-state index contributed by atoms with van der Waals surface area (Å²) in [6.45, 7) is 0. The zero-order valence-corrected chi connectivity index (χ0v) is 18.1. The number of benzene rings is 4. The average molecular weight is 415 g/mol. The minimum Gasteiger partial charge on any atom is -0.256 e. The fraction of sp³-hybridized carbons (Fsp3) is 0.133. The summed E-state index contributed by atoms with van der Waals surface area (Å²) in [6.07, 6.45) is 8.03. The molecule has 0 amide bonds. The summed E-state index contributed by atoms with van der Waals surface area (Å²) in [5.74, 6) is 0. The molecule has 0 unspecified atom stereocenters. The maximum absolute atomic E-state index is 4.72. The van der Waals surface area contributed by atoms with Gasteiger partial charge >= 0.3 is 0 Å². The molecule has 4 aliphatic rings. The first-order chi connectivity index (χ1) is 15.8. The number of hydrogen-bond acceptors (Lipinski definition) is 2. The Morgan fingerprint density at radius 3 is 1.34 bits per heavy atom. The summed E-state index contributed by atoms with van der Waals surface area (Å²) in [6, 6.07) is 34.1. The van der Waals surface area contributed by atoms with E-state index in [0.717, 1.165) is 37.1 Å². The lowest BCUT2D eigenvalue weighted by molar-refractivity contribution is 0.918. The van der Waals surface area contributed by atoms with Crippen LogP contribution in [0.5, 0.6) is 0 Å². The molecule has 0 heterocycles. The third-order valence-corrected chi connectivity index (χ3v) is 6.00. The van der Waals surface area contributed by atoms with Crippen LogP contribution in [0.15, 0.2) is 107 Å². The molecular formula is C30H26N2. The summed E-state index contributed by atoms with van der Waals surface area (Å²) < 4.78 is 0. The maximum atomic E-state index is 4.72. The molecule has 4 aliphatic carbocycles. The molecule has 2 nitrogen and oxygen atoms in total. The van der Waals surface area contributed by atoms with Crippen LogP contribution in [-0.4, -0.2) is 12.4 Å². The van der Waals surface area contributed by atoms with Crippen LogP contribution in [0.4, 0.5) is 11.4 Å². The molecule has 0 aromatic heterocycles. The van der Waals surface area contributed by atoms with E-state index in [0.29, 0.717) is 0 Å². The Kier molecular flexibility index (Phi) is 6.02. The van der Waals surface area contributed by atoms with Gasteiger partial charge < -0.3 is 0 Å². The van der Waals surface area contributed by atoms with Crippen molar-refractivity contribution in [1.82, 2.24) is 0 Å². The van der Waals surface area contributed by atoms with Crippen molar-refractivity contribution in [2.45, 2.75) is 25.7 Å². The summed E-state index contributed by atoms with van der Waals surface area (Å²) in [4.78, 5) is 9.45. The van der Waals surface area contributed by atoms with E-state index >= 15 is 0 Å². The van der Waals surface area contributed by atoms with E-state index in [1.54, 1.807) is 0 Å². The highest BCUT2D eigenvalue weighted by molar-refractivity contribution is 5.85. The van der Waals surface area contributed by atoms with Crippen LogP contribution in [-0.2, 0) is 25.7 Å². The van der Waals surface area contributed by atoms with Gasteiger partial charge in [-0.3, -0.25) is 9.98 Å². The first-order valence-corrected chi connectivity index (χ1v) is 11.3. The highest BCUT2D eigenvalue weighted by Gasteiger charge is 2.10. The van der Waals surface area contributed by atoms with Gasteiger partial charge in [0.15, 0.2) is 0 Å². The monoisotopic (exact) mass is 414 g/mol. The fourth-order valence-electron chi connectivity index (χ4n) is 4.17. The SMILES string of the molecule is C(=Nc1ccccc1)c1cc2ccc1CCc1ccc(cc1C=Nc1ccccc1)CC2. The molecule has 4 bridgehead atoms. The van der Waals surface area contributed by atoms with E-state index in [9.17, 15) is 0 Å². The second-order valence-corrected chi connectivity index (χ2v) is 8.25. The number of hydrogen-bond donors (Lipinski definition) is 0. The Morgan fingerprint density at radius 2 is 0.906 bits per heavy atom. The van der Waals surface area contributed by atoms with Crippen LogP contribution < -0.4 is 0 Å². The summed E-state index contributed by atoms with van der Waals surface area (Å²) in [5.41, 5.74) is 9.80. The Balaban J connectivity index is 1.45. The zero-order chi connectivity index (χ0) is 21.6. The number of nitrogens with zero attached hydrogens (tertiary/aromatic N) is 2. The molecule has 0 fully saturated rings. The Labute approximate surface area is 190 Å². The third-order valence-electron chi connectivity index (χ3n) is 6.00. The standard InChI is InChI=1S/C30H26N2/c1-3-7-29(8-4-1)31-21-27-19-23-11-12-24-14-16-26(18-17-25(27)15-13-23)28(20-24)22-32-30-9-5-2-6-10-30/h1-10,13-16,19-22H,11-12,17-18H2. The Morgan fingerprint density at radius 1 is 0.469 bits per heavy atom. The molecule has 32 heavy (non-hydrogen) atoms. The van der Waals surface area contributed by atoms with Crippen molar-refractivity contribution in [2.75, 3.05) is 0 Å². The van der Waals surface area contributed by atoms with Crippen LogP contribution in [0.3, 0.4) is 0 Å². The lowest BCUT2D eigenvalue weighted by atomic mass is 9.91. The number of para-hydroxylation sites is 2. The molecule has 0 aliphatic heterocycles. The molecule has 4 aromatic carbocycles. The van der Waals surface area contributed by atoms with E-state index < -0.39 is 0 Å². The predicted octanol–water partition coefficient (Wildman–Crippen LogP) is 7.07. The summed E-state index contributed by atoms with van der Waals surface area (Å²) in [7, 11) is 0. The molecule has 0 saturated heterocycles. The van der Waals surface area contributed by atoms with Crippen molar-refractivity contribution in [3.8, 4) is 0 Å². The smallest absolute Gasteiger partial charge is 0.0629 e. The van der Waals surface area contributed by atoms with Gasteiger partial charge in [-0.1, -0.05) is 60.7 Å². The maximum Gasteiger partial charge on any atom is 0.0629 e. The molecule has 0 spiro atoms. The van der Waals surface area contributed by atoms with Crippen molar-refractivity contribution < 1.29 is 0 Å². The molecule has 0 atom stereocenters. The van der Waals surface area contributed by atoms with Crippen LogP contribution in [0.1, 0.15) is 33.4 Å². The molecule has 0 saturated carbocycles. The molecule has 156 valence electrons. The molecule has 8 rings (SSSR count). The highest BCUT2D eigenvalue weighted by Crippen LogP contribution is 2.22. The minimum atomic E-state index is 0.974. The van der Waals surface area contributed by atoms with E-state index in [1.165, 1.54) is 33.4 Å². The predicted molar refractivity (Wildman–Crippen MR) is 135 cm³/mol. The Bertz CT molecular complexity index is 1150. The minimum absolute atomic E-state index is 0.974. The zero-order valence-electron chi connectivity index (χ0n) is 18.1. The van der Waals surface area contributed by atoms with Gasteiger partial charge in [-0.05, 0) is 95.5 Å². The lowest BCUT2D eigenvalue weighted by Gasteiger charge is -2.14.